The highest BCUT2D eigenvalue weighted by molar-refractivity contribution is 6.08. The molecule has 7 N–H and O–H groups in total. The van der Waals surface area contributed by atoms with Gasteiger partial charge in [-0.2, -0.15) is 5.10 Å². The van der Waals surface area contributed by atoms with Crippen LogP contribution in [0.25, 0.3) is 33.2 Å². The van der Waals surface area contributed by atoms with Crippen LogP contribution in [0, 0.1) is 5.82 Å². The molecule has 0 aliphatic heterocycles. The summed E-state index contributed by atoms with van der Waals surface area (Å²) in [5.74, 6) is -0.0586. The van der Waals surface area contributed by atoms with Gasteiger partial charge >= 0.3 is 6.03 Å². The van der Waals surface area contributed by atoms with E-state index in [1.165, 1.54) is 23.1 Å². The van der Waals surface area contributed by atoms with Crippen LogP contribution in [-0.4, -0.2) is 21.2 Å². The maximum Gasteiger partial charge on any atom is 0.323 e. The zero-order chi connectivity index (χ0) is 24.5. The average molecular weight is 468 g/mol. The normalized spacial score (nSPS) is 11.0. The molecule has 35 heavy (non-hydrogen) atoms. The van der Waals surface area contributed by atoms with Crippen molar-refractivity contribution in [3.63, 3.8) is 0 Å². The van der Waals surface area contributed by atoms with Crippen molar-refractivity contribution in [3.8, 4) is 22.3 Å². The Bertz CT molecular complexity index is 1530. The fraction of sp³-hybridized carbons (Fsp3) is 0.0385. The molecule has 174 valence electrons. The molecule has 2 aromatic heterocycles. The molecule has 0 saturated carbocycles. The minimum atomic E-state index is -0.699. The summed E-state index contributed by atoms with van der Waals surface area (Å²) < 4.78 is 13.9. The summed E-state index contributed by atoms with van der Waals surface area (Å²) in [4.78, 5) is 17.8. The van der Waals surface area contributed by atoms with Gasteiger partial charge in [-0.3, -0.25) is 15.0 Å². The highest BCUT2D eigenvalue weighted by atomic mass is 19.1. The molecule has 0 aliphatic rings. The van der Waals surface area contributed by atoms with E-state index in [4.69, 9.17) is 17.2 Å². The summed E-state index contributed by atoms with van der Waals surface area (Å²) in [6, 6.07) is 18.6. The molecule has 0 fully saturated rings. The van der Waals surface area contributed by atoms with E-state index in [1.54, 1.807) is 24.5 Å². The largest absolute Gasteiger partial charge is 0.382 e. The lowest BCUT2D eigenvalue weighted by molar-refractivity contribution is 0.256. The summed E-state index contributed by atoms with van der Waals surface area (Å²) in [5, 5.41) is 8.04. The first-order valence-corrected chi connectivity index (χ1v) is 10.8. The quantitative estimate of drug-likeness (QED) is 0.297. The van der Waals surface area contributed by atoms with Crippen molar-refractivity contribution in [3.05, 3.63) is 90.5 Å². The molecule has 0 aliphatic carbocycles. The maximum absolute atomic E-state index is 13.9. The zero-order valence-electron chi connectivity index (χ0n) is 18.6. The summed E-state index contributed by atoms with van der Waals surface area (Å²) in [6.07, 6.45) is 3.50. The molecular weight excluding hydrogens is 445 g/mol. The number of hydrogen-bond acceptors (Lipinski definition) is 5. The van der Waals surface area contributed by atoms with Crippen molar-refractivity contribution in [1.82, 2.24) is 15.2 Å². The Kier molecular flexibility index (Phi) is 5.60. The van der Waals surface area contributed by atoms with E-state index in [0.29, 0.717) is 17.2 Å². The van der Waals surface area contributed by atoms with E-state index in [1.807, 2.05) is 36.4 Å². The number of aromatic amines is 1. The molecule has 5 rings (SSSR count). The van der Waals surface area contributed by atoms with Gasteiger partial charge in [0.05, 0.1) is 22.3 Å². The number of rotatable bonds is 5. The second kappa shape index (κ2) is 8.88. The van der Waals surface area contributed by atoms with Crippen LogP contribution in [0.15, 0.2) is 79.1 Å². The number of primary amides is 1. The highest BCUT2D eigenvalue weighted by Crippen LogP contribution is 2.38. The molecule has 5 aromatic rings. The Balaban J connectivity index is 1.56. The molecular formula is C26H22FN7O. The Labute approximate surface area is 200 Å². The third-order valence-electron chi connectivity index (χ3n) is 5.89. The first-order valence-electron chi connectivity index (χ1n) is 10.8. The number of H-pyrrole nitrogens is 1. The number of nitrogens with two attached hydrogens (primary N) is 3. The van der Waals surface area contributed by atoms with E-state index in [-0.39, 0.29) is 12.1 Å². The second-order valence-electron chi connectivity index (χ2n) is 7.96. The van der Waals surface area contributed by atoms with Gasteiger partial charge in [-0.05, 0) is 47.5 Å². The van der Waals surface area contributed by atoms with Crippen LogP contribution >= 0.6 is 0 Å². The van der Waals surface area contributed by atoms with Crippen LogP contribution < -0.4 is 22.1 Å². The molecule has 0 bridgehead atoms. The predicted molar refractivity (Wildman–Crippen MR) is 135 cm³/mol. The predicted octanol–water partition coefficient (Wildman–Crippen LogP) is 4.69. The van der Waals surface area contributed by atoms with Crippen LogP contribution in [0.5, 0.6) is 0 Å². The number of fused-ring (bicyclic) bond motifs is 1. The van der Waals surface area contributed by atoms with Gasteiger partial charge in [0.25, 0.3) is 0 Å². The molecule has 3 aromatic carbocycles. The molecule has 2 amide bonds. The lowest BCUT2D eigenvalue weighted by atomic mass is 9.96. The summed E-state index contributed by atoms with van der Waals surface area (Å²) in [6.45, 7) is 0.00235. The first-order chi connectivity index (χ1) is 17.0. The Morgan fingerprint density at radius 2 is 1.71 bits per heavy atom. The third-order valence-corrected chi connectivity index (χ3v) is 5.89. The fourth-order valence-corrected chi connectivity index (χ4v) is 4.21. The first kappa shape index (κ1) is 22.1. The molecule has 0 atom stereocenters. The lowest BCUT2D eigenvalue weighted by Crippen LogP contribution is -2.31. The molecule has 0 saturated heterocycles. The van der Waals surface area contributed by atoms with E-state index < -0.39 is 11.8 Å². The number of carbonyl (C=O) groups is 1. The average Bonchev–Trinajstić information content (AvgIpc) is 3.27. The van der Waals surface area contributed by atoms with Gasteiger partial charge in [-0.25, -0.2) is 9.18 Å². The minimum absolute atomic E-state index is 0.00235. The van der Waals surface area contributed by atoms with Gasteiger partial charge in [0.1, 0.15) is 5.82 Å². The van der Waals surface area contributed by atoms with Crippen molar-refractivity contribution >= 4 is 34.1 Å². The summed E-state index contributed by atoms with van der Waals surface area (Å²) in [7, 11) is 0. The fourth-order valence-electron chi connectivity index (χ4n) is 4.21. The monoisotopic (exact) mass is 467 g/mol. The number of nitrogens with zero attached hydrogens (tertiary/aromatic N) is 3. The van der Waals surface area contributed by atoms with Crippen molar-refractivity contribution in [2.45, 2.75) is 6.54 Å². The third kappa shape index (κ3) is 3.94. The Morgan fingerprint density at radius 3 is 2.40 bits per heavy atom. The minimum Gasteiger partial charge on any atom is -0.382 e. The molecule has 9 heteroatoms. The number of nitrogen functional groups attached to an aromatic ring is 1. The topological polar surface area (TPSA) is 140 Å². The van der Waals surface area contributed by atoms with Crippen LogP contribution in [0.3, 0.4) is 0 Å². The van der Waals surface area contributed by atoms with Crippen LogP contribution in [0.2, 0.25) is 0 Å². The highest BCUT2D eigenvalue weighted by Gasteiger charge is 2.18. The molecule has 8 nitrogen and oxygen atoms in total. The SMILES string of the molecule is NCc1cc(N(C(N)=O)c2ccc(-c3ccc(-c4cccnc4)c4[nH]nc(N)c34)cc2)ccc1F. The van der Waals surface area contributed by atoms with E-state index >= 15 is 0 Å². The van der Waals surface area contributed by atoms with Crippen LogP contribution in [0.1, 0.15) is 5.56 Å². The zero-order valence-corrected chi connectivity index (χ0v) is 18.6. The van der Waals surface area contributed by atoms with Gasteiger partial charge in [-0.15, -0.1) is 0 Å². The summed E-state index contributed by atoms with van der Waals surface area (Å²) >= 11 is 0. The molecule has 0 radical (unpaired) electrons. The van der Waals surface area contributed by atoms with Gasteiger partial charge in [0.2, 0.25) is 0 Å². The van der Waals surface area contributed by atoms with E-state index in [9.17, 15) is 9.18 Å². The van der Waals surface area contributed by atoms with Crippen molar-refractivity contribution in [1.29, 1.82) is 0 Å². The number of aromatic nitrogens is 3. The number of nitrogens with one attached hydrogen (secondary N) is 1. The summed E-state index contributed by atoms with van der Waals surface area (Å²) in [5.41, 5.74) is 23.2. The van der Waals surface area contributed by atoms with E-state index in [2.05, 4.69) is 15.2 Å². The van der Waals surface area contributed by atoms with Crippen LogP contribution in [-0.2, 0) is 6.54 Å². The Hall–Kier alpha value is -4.76. The van der Waals surface area contributed by atoms with Gasteiger partial charge in [0.15, 0.2) is 5.82 Å². The van der Waals surface area contributed by atoms with E-state index in [0.717, 1.165) is 33.2 Å². The number of anilines is 3. The smallest absolute Gasteiger partial charge is 0.323 e. The number of halogens is 1. The number of urea groups is 1. The number of pyridine rings is 1. The van der Waals surface area contributed by atoms with Gasteiger partial charge in [0, 0.05) is 35.6 Å². The molecule has 0 spiro atoms. The number of carbonyl (C=O) groups excluding carboxylic acids is 1. The number of amides is 2. The van der Waals surface area contributed by atoms with Crippen molar-refractivity contribution in [2.75, 3.05) is 10.6 Å². The standard InChI is InChI=1S/C26H22FN7O/c27-22-10-7-19(12-17(22)13-28)34(26(30)35)18-5-3-15(4-6-18)20-8-9-21(16-2-1-11-31-14-16)24-23(20)25(29)33-32-24/h1-12,14H,13,28H2,(H2,30,35)(H3,29,32,33). The molecule has 2 heterocycles. The van der Waals surface area contributed by atoms with Crippen molar-refractivity contribution in [2.24, 2.45) is 11.5 Å². The van der Waals surface area contributed by atoms with Gasteiger partial charge < -0.3 is 17.2 Å². The van der Waals surface area contributed by atoms with Crippen molar-refractivity contribution < 1.29 is 9.18 Å². The van der Waals surface area contributed by atoms with Gasteiger partial charge in [-0.1, -0.05) is 30.3 Å². The maximum atomic E-state index is 13.9. The lowest BCUT2D eigenvalue weighted by Gasteiger charge is -2.22. The Morgan fingerprint density at radius 1 is 0.971 bits per heavy atom. The number of benzene rings is 3. The van der Waals surface area contributed by atoms with Crippen LogP contribution in [0.4, 0.5) is 26.4 Å². The number of hydrogen-bond donors (Lipinski definition) is 4. The molecule has 0 unspecified atom stereocenters. The second-order valence-corrected chi connectivity index (χ2v) is 7.96.